The highest BCUT2D eigenvalue weighted by Crippen LogP contribution is 2.19. The van der Waals surface area contributed by atoms with E-state index in [9.17, 15) is 4.79 Å². The summed E-state index contributed by atoms with van der Waals surface area (Å²) in [4.78, 5) is 22.5. The van der Waals surface area contributed by atoms with Gasteiger partial charge in [0.2, 0.25) is 5.76 Å². The Balaban J connectivity index is 2.06. The van der Waals surface area contributed by atoms with Gasteiger partial charge in [0.25, 0.3) is 5.91 Å². The topological polar surface area (TPSA) is 59.2 Å². The quantitative estimate of drug-likeness (QED) is 0.819. The molecule has 0 unspecified atom stereocenters. The van der Waals surface area contributed by atoms with Crippen LogP contribution >= 0.6 is 0 Å². The van der Waals surface area contributed by atoms with Crippen LogP contribution in [0.3, 0.4) is 0 Å². The number of rotatable bonds is 6. The van der Waals surface area contributed by atoms with Gasteiger partial charge in [0.1, 0.15) is 0 Å². The lowest BCUT2D eigenvalue weighted by Crippen LogP contribution is -2.33. The minimum absolute atomic E-state index is 0.0900. The predicted molar refractivity (Wildman–Crippen MR) is 80.1 cm³/mol. The molecule has 1 amide bonds. The molecule has 0 fully saturated rings. The fraction of sp³-hybridized carbons (Fsp3) is 0.438. The van der Waals surface area contributed by atoms with E-state index in [2.05, 4.69) is 9.97 Å². The highest BCUT2D eigenvalue weighted by atomic mass is 16.3. The van der Waals surface area contributed by atoms with E-state index in [1.165, 1.54) is 6.39 Å². The molecule has 2 heterocycles. The van der Waals surface area contributed by atoms with Gasteiger partial charge in [-0.25, -0.2) is 4.98 Å². The second-order valence-electron chi connectivity index (χ2n) is 5.21. The molecule has 5 heteroatoms. The van der Waals surface area contributed by atoms with E-state index in [0.29, 0.717) is 18.8 Å². The number of hydrogen-bond acceptors (Lipinski definition) is 4. The van der Waals surface area contributed by atoms with Crippen LogP contribution in [0.1, 0.15) is 48.5 Å². The summed E-state index contributed by atoms with van der Waals surface area (Å²) < 4.78 is 5.31. The number of amides is 1. The molecule has 0 aliphatic rings. The van der Waals surface area contributed by atoms with Crippen LogP contribution in [-0.2, 0) is 6.42 Å². The average molecular weight is 287 g/mol. The molecule has 0 atom stereocenters. The highest BCUT2D eigenvalue weighted by Gasteiger charge is 2.23. The van der Waals surface area contributed by atoms with E-state index in [-0.39, 0.29) is 11.8 Å². The van der Waals surface area contributed by atoms with Gasteiger partial charge in [-0.15, -0.1) is 0 Å². The van der Waals surface area contributed by atoms with Crippen molar-refractivity contribution < 1.29 is 9.21 Å². The van der Waals surface area contributed by atoms with E-state index in [1.54, 1.807) is 17.3 Å². The third kappa shape index (κ3) is 3.68. The lowest BCUT2D eigenvalue weighted by atomic mass is 10.1. The molecular weight excluding hydrogens is 266 g/mol. The van der Waals surface area contributed by atoms with Gasteiger partial charge in [-0.2, -0.15) is 0 Å². The standard InChI is InChI=1S/C16H21N3O2/c1-4-19(10-7-13-5-8-17-9-6-13)16(20)15-14(12(2)3)18-11-21-15/h5-6,8-9,11-12H,4,7,10H2,1-3H3. The monoisotopic (exact) mass is 287 g/mol. The Labute approximate surface area is 125 Å². The molecule has 0 spiro atoms. The Morgan fingerprint density at radius 2 is 2.05 bits per heavy atom. The van der Waals surface area contributed by atoms with E-state index < -0.39 is 0 Å². The van der Waals surface area contributed by atoms with E-state index in [0.717, 1.165) is 17.7 Å². The molecule has 0 aliphatic heterocycles. The molecule has 2 aromatic heterocycles. The maximum atomic E-state index is 12.6. The molecule has 0 aromatic carbocycles. The molecular formula is C16H21N3O2. The van der Waals surface area contributed by atoms with Gasteiger partial charge >= 0.3 is 0 Å². The van der Waals surface area contributed by atoms with Gasteiger partial charge in [0.15, 0.2) is 6.39 Å². The lowest BCUT2D eigenvalue weighted by molar-refractivity contribution is 0.0732. The summed E-state index contributed by atoms with van der Waals surface area (Å²) in [5.41, 5.74) is 1.89. The van der Waals surface area contributed by atoms with Crippen molar-refractivity contribution in [3.05, 3.63) is 47.9 Å². The molecule has 0 saturated heterocycles. The van der Waals surface area contributed by atoms with Crippen LogP contribution in [-0.4, -0.2) is 33.9 Å². The molecule has 21 heavy (non-hydrogen) atoms. The number of pyridine rings is 1. The normalized spacial score (nSPS) is 10.9. The molecule has 112 valence electrons. The smallest absolute Gasteiger partial charge is 0.291 e. The molecule has 2 rings (SSSR count). The van der Waals surface area contributed by atoms with Crippen molar-refractivity contribution >= 4 is 5.91 Å². The number of nitrogens with zero attached hydrogens (tertiary/aromatic N) is 3. The van der Waals surface area contributed by atoms with Crippen molar-refractivity contribution in [1.82, 2.24) is 14.9 Å². The first-order valence-electron chi connectivity index (χ1n) is 7.25. The van der Waals surface area contributed by atoms with Crippen LogP contribution in [0, 0.1) is 0 Å². The first-order chi connectivity index (χ1) is 10.1. The Bertz CT molecular complexity index is 578. The molecule has 5 nitrogen and oxygen atoms in total. The molecule has 0 bridgehead atoms. The predicted octanol–water partition coefficient (Wildman–Crippen LogP) is 2.90. The van der Waals surface area contributed by atoms with Crippen molar-refractivity contribution in [2.75, 3.05) is 13.1 Å². The third-order valence-corrected chi connectivity index (χ3v) is 3.42. The second kappa shape index (κ2) is 7.02. The van der Waals surface area contributed by atoms with Crippen LogP contribution in [0.25, 0.3) is 0 Å². The van der Waals surface area contributed by atoms with Crippen molar-refractivity contribution in [1.29, 1.82) is 0 Å². The fourth-order valence-corrected chi connectivity index (χ4v) is 2.19. The number of oxazole rings is 1. The van der Waals surface area contributed by atoms with Gasteiger partial charge in [0.05, 0.1) is 5.69 Å². The van der Waals surface area contributed by atoms with Crippen molar-refractivity contribution in [2.45, 2.75) is 33.1 Å². The van der Waals surface area contributed by atoms with E-state index in [1.807, 2.05) is 32.9 Å². The number of aromatic nitrogens is 2. The number of carbonyl (C=O) groups is 1. The van der Waals surface area contributed by atoms with E-state index >= 15 is 0 Å². The van der Waals surface area contributed by atoms with Crippen molar-refractivity contribution in [3.8, 4) is 0 Å². The van der Waals surface area contributed by atoms with Gasteiger partial charge in [0, 0.05) is 25.5 Å². The third-order valence-electron chi connectivity index (χ3n) is 3.42. The maximum Gasteiger partial charge on any atom is 0.291 e. The molecule has 0 radical (unpaired) electrons. The Kier molecular flexibility index (Phi) is 5.09. The Morgan fingerprint density at radius 3 is 2.67 bits per heavy atom. The molecule has 0 aliphatic carbocycles. The first kappa shape index (κ1) is 15.2. The first-order valence-corrected chi connectivity index (χ1v) is 7.25. The molecule has 2 aromatic rings. The van der Waals surface area contributed by atoms with Gasteiger partial charge in [-0.3, -0.25) is 9.78 Å². The summed E-state index contributed by atoms with van der Waals surface area (Å²) in [5, 5.41) is 0. The summed E-state index contributed by atoms with van der Waals surface area (Å²) in [6.45, 7) is 7.26. The minimum Gasteiger partial charge on any atom is -0.438 e. The lowest BCUT2D eigenvalue weighted by Gasteiger charge is -2.20. The Morgan fingerprint density at radius 1 is 1.33 bits per heavy atom. The Hall–Kier alpha value is -2.17. The van der Waals surface area contributed by atoms with Gasteiger partial charge in [-0.1, -0.05) is 13.8 Å². The minimum atomic E-state index is -0.0900. The number of carbonyl (C=O) groups excluding carboxylic acids is 1. The van der Waals surface area contributed by atoms with Crippen LogP contribution in [0.2, 0.25) is 0 Å². The summed E-state index contributed by atoms with van der Waals surface area (Å²) >= 11 is 0. The summed E-state index contributed by atoms with van der Waals surface area (Å²) in [6, 6.07) is 3.93. The summed E-state index contributed by atoms with van der Waals surface area (Å²) in [7, 11) is 0. The zero-order valence-corrected chi connectivity index (χ0v) is 12.7. The fourth-order valence-electron chi connectivity index (χ4n) is 2.19. The van der Waals surface area contributed by atoms with Crippen LogP contribution in [0.5, 0.6) is 0 Å². The average Bonchev–Trinajstić information content (AvgIpc) is 2.98. The van der Waals surface area contributed by atoms with Gasteiger partial charge in [-0.05, 0) is 37.0 Å². The molecule has 0 saturated carbocycles. The van der Waals surface area contributed by atoms with Crippen LogP contribution in [0.4, 0.5) is 0 Å². The number of hydrogen-bond donors (Lipinski definition) is 0. The van der Waals surface area contributed by atoms with Crippen molar-refractivity contribution in [3.63, 3.8) is 0 Å². The second-order valence-corrected chi connectivity index (χ2v) is 5.21. The SMILES string of the molecule is CCN(CCc1ccncc1)C(=O)c1ocnc1C(C)C. The van der Waals surface area contributed by atoms with Crippen molar-refractivity contribution in [2.24, 2.45) is 0 Å². The van der Waals surface area contributed by atoms with E-state index in [4.69, 9.17) is 4.42 Å². The highest BCUT2D eigenvalue weighted by molar-refractivity contribution is 5.92. The summed E-state index contributed by atoms with van der Waals surface area (Å²) in [5.74, 6) is 0.441. The van der Waals surface area contributed by atoms with Crippen LogP contribution in [0.15, 0.2) is 35.3 Å². The van der Waals surface area contributed by atoms with Gasteiger partial charge < -0.3 is 9.32 Å². The summed E-state index contributed by atoms with van der Waals surface area (Å²) in [6.07, 6.45) is 5.67. The zero-order valence-electron chi connectivity index (χ0n) is 12.7. The van der Waals surface area contributed by atoms with Crippen LogP contribution < -0.4 is 0 Å². The largest absolute Gasteiger partial charge is 0.438 e. The molecule has 0 N–H and O–H groups in total. The zero-order chi connectivity index (χ0) is 15.2. The maximum absolute atomic E-state index is 12.6. The number of likely N-dealkylation sites (N-methyl/N-ethyl adjacent to an activating group) is 1.